The Morgan fingerprint density at radius 3 is 2.57 bits per heavy atom. The lowest BCUT2D eigenvalue weighted by Crippen LogP contribution is -2.17. The summed E-state index contributed by atoms with van der Waals surface area (Å²) in [7, 11) is 0. The van der Waals surface area contributed by atoms with Crippen LogP contribution >= 0.6 is 11.3 Å². The zero-order chi connectivity index (χ0) is 19.3. The SMILES string of the molecule is O=C(N/N=C/c1cn(-c2ccccc2)nc1-c1cccs1)c1ccc(O)cc1. The summed E-state index contributed by atoms with van der Waals surface area (Å²) < 4.78 is 1.79. The van der Waals surface area contributed by atoms with Crippen molar-refractivity contribution in [1.82, 2.24) is 15.2 Å². The molecule has 0 atom stereocenters. The van der Waals surface area contributed by atoms with Gasteiger partial charge in [0.2, 0.25) is 0 Å². The number of hydrazone groups is 1. The molecule has 0 aliphatic rings. The Hall–Kier alpha value is -3.71. The third-order valence-electron chi connectivity index (χ3n) is 4.02. The fourth-order valence-electron chi connectivity index (χ4n) is 2.64. The molecule has 0 bridgehead atoms. The van der Waals surface area contributed by atoms with Crippen LogP contribution in [0.4, 0.5) is 0 Å². The number of carbonyl (C=O) groups is 1. The fraction of sp³-hybridized carbons (Fsp3) is 0. The quantitative estimate of drug-likeness (QED) is 0.399. The number of phenolic OH excluding ortho intramolecular Hbond substituents is 1. The van der Waals surface area contributed by atoms with E-state index in [1.165, 1.54) is 24.3 Å². The number of carbonyl (C=O) groups excluding carboxylic acids is 1. The third kappa shape index (κ3) is 3.84. The molecule has 0 unspecified atom stereocenters. The maximum absolute atomic E-state index is 12.2. The van der Waals surface area contributed by atoms with Gasteiger partial charge in [0.15, 0.2) is 0 Å². The van der Waals surface area contributed by atoms with E-state index in [1.54, 1.807) is 22.2 Å². The zero-order valence-electron chi connectivity index (χ0n) is 14.7. The van der Waals surface area contributed by atoms with E-state index in [1.807, 2.05) is 54.0 Å². The molecule has 4 rings (SSSR count). The van der Waals surface area contributed by atoms with Crippen molar-refractivity contribution < 1.29 is 9.90 Å². The van der Waals surface area contributed by atoms with Crippen molar-refractivity contribution >= 4 is 23.5 Å². The summed E-state index contributed by atoms with van der Waals surface area (Å²) in [5.74, 6) is -0.252. The van der Waals surface area contributed by atoms with Crippen LogP contribution in [-0.2, 0) is 0 Å². The van der Waals surface area contributed by atoms with Crippen molar-refractivity contribution in [3.8, 4) is 22.0 Å². The molecule has 0 spiro atoms. The Balaban J connectivity index is 1.59. The summed E-state index contributed by atoms with van der Waals surface area (Å²) in [6, 6.07) is 19.7. The van der Waals surface area contributed by atoms with Crippen molar-refractivity contribution in [2.45, 2.75) is 0 Å². The normalized spacial score (nSPS) is 11.0. The molecular formula is C21H16N4O2S. The van der Waals surface area contributed by atoms with Gasteiger partial charge >= 0.3 is 0 Å². The lowest BCUT2D eigenvalue weighted by atomic mass is 10.2. The minimum Gasteiger partial charge on any atom is -0.508 e. The highest BCUT2D eigenvalue weighted by molar-refractivity contribution is 7.13. The molecule has 0 aliphatic carbocycles. The summed E-state index contributed by atoms with van der Waals surface area (Å²) in [5, 5.41) is 20.1. The molecule has 0 saturated carbocycles. The zero-order valence-corrected chi connectivity index (χ0v) is 15.5. The first-order valence-corrected chi connectivity index (χ1v) is 9.40. The largest absolute Gasteiger partial charge is 0.508 e. The maximum atomic E-state index is 12.2. The number of aromatic hydroxyl groups is 1. The Kier molecular flexibility index (Phi) is 4.99. The Morgan fingerprint density at radius 2 is 1.86 bits per heavy atom. The van der Waals surface area contributed by atoms with Crippen LogP contribution in [0, 0.1) is 0 Å². The molecule has 7 heteroatoms. The van der Waals surface area contributed by atoms with Gasteiger partial charge in [0, 0.05) is 17.3 Å². The van der Waals surface area contributed by atoms with Crippen molar-refractivity contribution in [3.05, 3.63) is 89.4 Å². The van der Waals surface area contributed by atoms with Crippen molar-refractivity contribution in [3.63, 3.8) is 0 Å². The summed E-state index contributed by atoms with van der Waals surface area (Å²) in [6.07, 6.45) is 3.46. The van der Waals surface area contributed by atoms with Gasteiger partial charge in [-0.3, -0.25) is 4.79 Å². The average Bonchev–Trinajstić information content (AvgIpc) is 3.39. The lowest BCUT2D eigenvalue weighted by molar-refractivity contribution is 0.0955. The monoisotopic (exact) mass is 388 g/mol. The molecule has 138 valence electrons. The molecular weight excluding hydrogens is 372 g/mol. The van der Waals surface area contributed by atoms with Crippen LogP contribution in [0.5, 0.6) is 5.75 Å². The fourth-order valence-corrected chi connectivity index (χ4v) is 3.37. The van der Waals surface area contributed by atoms with Gasteiger partial charge in [0.25, 0.3) is 5.91 Å². The molecule has 2 N–H and O–H groups in total. The van der Waals surface area contributed by atoms with E-state index in [0.717, 1.165) is 21.8 Å². The van der Waals surface area contributed by atoms with Gasteiger partial charge in [0.1, 0.15) is 11.4 Å². The molecule has 2 aromatic heterocycles. The van der Waals surface area contributed by atoms with Gasteiger partial charge in [-0.1, -0.05) is 24.3 Å². The van der Waals surface area contributed by atoms with E-state index in [4.69, 9.17) is 0 Å². The van der Waals surface area contributed by atoms with Crippen LogP contribution in [-0.4, -0.2) is 27.0 Å². The molecule has 2 heterocycles. The topological polar surface area (TPSA) is 79.5 Å². The van der Waals surface area contributed by atoms with E-state index in [2.05, 4.69) is 15.6 Å². The smallest absolute Gasteiger partial charge is 0.271 e. The van der Waals surface area contributed by atoms with Gasteiger partial charge < -0.3 is 5.11 Å². The lowest BCUT2D eigenvalue weighted by Gasteiger charge is -1.99. The predicted octanol–water partition coefficient (Wildman–Crippen LogP) is 4.07. The number of para-hydroxylation sites is 1. The van der Waals surface area contributed by atoms with Crippen molar-refractivity contribution in [1.29, 1.82) is 0 Å². The second-order valence-corrected chi connectivity index (χ2v) is 6.88. The first-order valence-electron chi connectivity index (χ1n) is 8.52. The highest BCUT2D eigenvalue weighted by Crippen LogP contribution is 2.26. The number of nitrogens with zero attached hydrogens (tertiary/aromatic N) is 3. The highest BCUT2D eigenvalue weighted by Gasteiger charge is 2.12. The number of nitrogens with one attached hydrogen (secondary N) is 1. The first kappa shape index (κ1) is 17.7. The summed E-state index contributed by atoms with van der Waals surface area (Å²) >= 11 is 1.59. The molecule has 1 amide bonds. The first-order chi connectivity index (χ1) is 13.7. The van der Waals surface area contributed by atoms with Gasteiger partial charge in [-0.15, -0.1) is 11.3 Å². The summed E-state index contributed by atoms with van der Waals surface area (Å²) in [4.78, 5) is 13.2. The molecule has 2 aromatic carbocycles. The number of aromatic nitrogens is 2. The highest BCUT2D eigenvalue weighted by atomic mass is 32.1. The number of amides is 1. The van der Waals surface area contributed by atoms with Crippen molar-refractivity contribution in [2.24, 2.45) is 5.10 Å². The van der Waals surface area contributed by atoms with E-state index in [0.29, 0.717) is 5.56 Å². The van der Waals surface area contributed by atoms with Crippen LogP contribution in [0.25, 0.3) is 16.3 Å². The summed E-state index contributed by atoms with van der Waals surface area (Å²) in [5.41, 5.74) is 5.43. The van der Waals surface area contributed by atoms with Crippen molar-refractivity contribution in [2.75, 3.05) is 0 Å². The number of thiophene rings is 1. The number of benzene rings is 2. The Bertz CT molecular complexity index is 1100. The molecule has 4 aromatic rings. The van der Waals surface area contributed by atoms with Crippen LogP contribution in [0.15, 0.2) is 83.4 Å². The molecule has 6 nitrogen and oxygen atoms in total. The van der Waals surface area contributed by atoms with E-state index >= 15 is 0 Å². The summed E-state index contributed by atoms with van der Waals surface area (Å²) in [6.45, 7) is 0. The van der Waals surface area contributed by atoms with E-state index in [9.17, 15) is 9.90 Å². The number of hydrogen-bond acceptors (Lipinski definition) is 5. The second-order valence-electron chi connectivity index (χ2n) is 5.94. The third-order valence-corrected chi connectivity index (χ3v) is 4.89. The minimum absolute atomic E-state index is 0.106. The Morgan fingerprint density at radius 1 is 1.07 bits per heavy atom. The van der Waals surface area contributed by atoms with Crippen LogP contribution < -0.4 is 5.43 Å². The van der Waals surface area contributed by atoms with E-state index < -0.39 is 0 Å². The van der Waals surface area contributed by atoms with Crippen LogP contribution in [0.3, 0.4) is 0 Å². The molecule has 0 aliphatic heterocycles. The number of rotatable bonds is 5. The molecule has 0 fully saturated rings. The molecule has 0 saturated heterocycles. The van der Waals surface area contributed by atoms with Crippen LogP contribution in [0.1, 0.15) is 15.9 Å². The van der Waals surface area contributed by atoms with Gasteiger partial charge in [-0.05, 0) is 47.8 Å². The standard InChI is InChI=1S/C21H16N4O2S/c26-18-10-8-15(9-11-18)21(27)23-22-13-16-14-25(17-5-2-1-3-6-17)24-20(16)19-7-4-12-28-19/h1-14,26H,(H,23,27)/b22-13+. The van der Waals surface area contributed by atoms with Gasteiger partial charge in [0.05, 0.1) is 16.8 Å². The number of phenols is 1. The molecule has 0 radical (unpaired) electrons. The second kappa shape index (κ2) is 7.89. The van der Waals surface area contributed by atoms with Crippen LogP contribution in [0.2, 0.25) is 0 Å². The predicted molar refractivity (Wildman–Crippen MR) is 110 cm³/mol. The van der Waals surface area contributed by atoms with Gasteiger partial charge in [-0.2, -0.15) is 10.2 Å². The Labute approximate surface area is 165 Å². The number of hydrogen-bond donors (Lipinski definition) is 2. The molecule has 28 heavy (non-hydrogen) atoms. The maximum Gasteiger partial charge on any atom is 0.271 e. The van der Waals surface area contributed by atoms with E-state index in [-0.39, 0.29) is 11.7 Å². The minimum atomic E-state index is -0.357. The van der Waals surface area contributed by atoms with Gasteiger partial charge in [-0.25, -0.2) is 10.1 Å². The average molecular weight is 388 g/mol.